The Hall–Kier alpha value is -0.0234. The van der Waals surface area contributed by atoms with Gasteiger partial charge in [-0.2, -0.15) is 0 Å². The number of hydrogen-bond acceptors (Lipinski definition) is 4. The van der Waals surface area contributed by atoms with E-state index in [1.165, 1.54) is 0 Å². The first-order valence-electron chi connectivity index (χ1n) is 5.09. The van der Waals surface area contributed by atoms with Gasteiger partial charge in [0.2, 0.25) is 0 Å². The fraction of sp³-hybridized carbons (Fsp3) is 0.600. The number of carbonyl (C=O) groups excluding carboxylic acids is 2. The first-order chi connectivity index (χ1) is 7.65. The van der Waals surface area contributed by atoms with Crippen LogP contribution < -0.4 is 0 Å². The molecule has 0 radical (unpaired) electrons. The van der Waals surface area contributed by atoms with E-state index in [2.05, 4.69) is 23.4 Å². The zero-order valence-corrected chi connectivity index (χ0v) is 14.1. The number of carbonyl (C=O) groups is 2. The van der Waals surface area contributed by atoms with E-state index in [4.69, 9.17) is 0 Å². The van der Waals surface area contributed by atoms with Gasteiger partial charge in [-0.25, -0.2) is 9.98 Å². The van der Waals surface area contributed by atoms with Crippen LogP contribution in [0, 0.1) is 0 Å². The minimum absolute atomic E-state index is 0. The van der Waals surface area contributed by atoms with E-state index < -0.39 is 0 Å². The molecule has 0 aliphatic carbocycles. The van der Waals surface area contributed by atoms with Crippen LogP contribution >= 0.6 is 0 Å². The Kier molecular flexibility index (Phi) is 12.2. The molecule has 0 spiro atoms. The molecular weight excluding hydrogens is 400 g/mol. The first kappa shape index (κ1) is 20.3. The van der Waals surface area contributed by atoms with Crippen LogP contribution in [0.1, 0.15) is 0 Å². The Labute approximate surface area is 135 Å². The minimum atomic E-state index is -0.211. The Morgan fingerprint density at radius 3 is 1.33 bits per heavy atom. The molecule has 0 N–H and O–H groups in total. The number of nitrogens with zero attached hydrogens (tertiary/aromatic N) is 4. The predicted molar refractivity (Wildman–Crippen MR) is 62.0 cm³/mol. The monoisotopic (exact) mass is 420 g/mol. The predicted octanol–water partition coefficient (Wildman–Crippen LogP) is -0.947. The third-order valence-corrected chi connectivity index (χ3v) is 2.54. The Morgan fingerprint density at radius 2 is 1.11 bits per heavy atom. The van der Waals surface area contributed by atoms with Crippen LogP contribution in [-0.4, -0.2) is 74.3 Å². The summed E-state index contributed by atoms with van der Waals surface area (Å²) in [7, 11) is 0. The van der Waals surface area contributed by atoms with Crippen molar-refractivity contribution in [2.75, 3.05) is 39.3 Å². The molecule has 1 fully saturated rings. The average Bonchev–Trinajstić information content (AvgIpc) is 2.31. The third kappa shape index (κ3) is 7.42. The van der Waals surface area contributed by atoms with E-state index in [0.717, 1.165) is 26.2 Å². The quantitative estimate of drug-likeness (QED) is 0.438. The maximum Gasteiger partial charge on any atom is 0.259 e. The standard InChI is InChI=1S/C10H16N4O2.2Mo/c1-11-9(15)7-13-3-5-14(6-4-13)8-10(16)12-2;;/h1-8H2;;. The molecule has 8 heteroatoms. The van der Waals surface area contributed by atoms with Crippen molar-refractivity contribution < 1.29 is 51.7 Å². The summed E-state index contributed by atoms with van der Waals surface area (Å²) < 4.78 is 0. The zero-order chi connectivity index (χ0) is 12.0. The van der Waals surface area contributed by atoms with Gasteiger partial charge < -0.3 is 0 Å². The Bertz CT molecular complexity index is 274. The summed E-state index contributed by atoms with van der Waals surface area (Å²) in [6.07, 6.45) is 0. The van der Waals surface area contributed by atoms with E-state index >= 15 is 0 Å². The topological polar surface area (TPSA) is 65.3 Å². The van der Waals surface area contributed by atoms with E-state index in [1.54, 1.807) is 0 Å². The maximum absolute atomic E-state index is 11.0. The molecule has 0 aromatic carbocycles. The van der Waals surface area contributed by atoms with Crippen molar-refractivity contribution in [1.29, 1.82) is 0 Å². The fourth-order valence-corrected chi connectivity index (χ4v) is 1.59. The van der Waals surface area contributed by atoms with Crippen molar-refractivity contribution >= 4 is 25.2 Å². The van der Waals surface area contributed by atoms with Crippen molar-refractivity contribution in [3.63, 3.8) is 0 Å². The Balaban J connectivity index is 0. The molecule has 1 heterocycles. The SMILES string of the molecule is C=NC(=O)CN1CCN(CC(=O)N=C)CC1.[Mo].[Mo]. The second-order valence-electron chi connectivity index (χ2n) is 3.66. The molecule has 100 valence electrons. The summed E-state index contributed by atoms with van der Waals surface area (Å²) in [6.45, 7) is 10.0. The molecule has 0 saturated carbocycles. The summed E-state index contributed by atoms with van der Waals surface area (Å²) in [5.74, 6) is -0.422. The molecule has 0 aromatic heterocycles. The number of aliphatic imine (C=N–C) groups is 2. The van der Waals surface area contributed by atoms with Crippen LogP contribution in [0.2, 0.25) is 0 Å². The van der Waals surface area contributed by atoms with Crippen LogP contribution in [0.15, 0.2) is 9.98 Å². The normalized spacial score (nSPS) is 16.0. The van der Waals surface area contributed by atoms with Gasteiger partial charge >= 0.3 is 0 Å². The fourth-order valence-electron chi connectivity index (χ4n) is 1.59. The molecule has 1 saturated heterocycles. The third-order valence-electron chi connectivity index (χ3n) is 2.54. The number of amides is 2. The van der Waals surface area contributed by atoms with Crippen LogP contribution in [0.25, 0.3) is 0 Å². The van der Waals surface area contributed by atoms with Gasteiger partial charge in [0, 0.05) is 68.3 Å². The zero-order valence-electron chi connectivity index (χ0n) is 10.1. The largest absolute Gasteiger partial charge is 0.292 e. The minimum Gasteiger partial charge on any atom is -0.292 e. The second-order valence-corrected chi connectivity index (χ2v) is 3.66. The van der Waals surface area contributed by atoms with Gasteiger partial charge in [-0.15, -0.1) is 0 Å². The summed E-state index contributed by atoms with van der Waals surface area (Å²) in [6, 6.07) is 0. The van der Waals surface area contributed by atoms with E-state index in [1.807, 2.05) is 9.80 Å². The number of rotatable bonds is 4. The van der Waals surface area contributed by atoms with Crippen LogP contribution in [-0.2, 0) is 51.7 Å². The summed E-state index contributed by atoms with van der Waals surface area (Å²) in [4.78, 5) is 32.7. The molecule has 1 aliphatic rings. The average molecular weight is 416 g/mol. The van der Waals surface area contributed by atoms with Gasteiger partial charge in [-0.1, -0.05) is 0 Å². The molecule has 1 rings (SSSR count). The van der Waals surface area contributed by atoms with Gasteiger partial charge in [0.05, 0.1) is 13.1 Å². The second kappa shape index (κ2) is 10.9. The van der Waals surface area contributed by atoms with Crippen molar-refractivity contribution in [2.45, 2.75) is 0 Å². The molecule has 0 aromatic rings. The molecule has 2 amide bonds. The van der Waals surface area contributed by atoms with Gasteiger partial charge in [-0.3, -0.25) is 19.4 Å². The smallest absolute Gasteiger partial charge is 0.259 e. The van der Waals surface area contributed by atoms with Gasteiger partial charge in [0.15, 0.2) is 0 Å². The molecule has 1 aliphatic heterocycles. The van der Waals surface area contributed by atoms with Crippen LogP contribution in [0.3, 0.4) is 0 Å². The molecule has 18 heavy (non-hydrogen) atoms. The maximum atomic E-state index is 11.0. The van der Waals surface area contributed by atoms with E-state index in [-0.39, 0.29) is 53.9 Å². The van der Waals surface area contributed by atoms with E-state index in [9.17, 15) is 9.59 Å². The Morgan fingerprint density at radius 1 is 0.833 bits per heavy atom. The van der Waals surface area contributed by atoms with Gasteiger partial charge in [0.1, 0.15) is 0 Å². The summed E-state index contributed by atoms with van der Waals surface area (Å²) >= 11 is 0. The van der Waals surface area contributed by atoms with Crippen molar-refractivity contribution in [1.82, 2.24) is 9.80 Å². The van der Waals surface area contributed by atoms with Crippen LogP contribution in [0.4, 0.5) is 0 Å². The van der Waals surface area contributed by atoms with Crippen molar-refractivity contribution in [3.8, 4) is 0 Å². The van der Waals surface area contributed by atoms with Gasteiger partial charge in [0.25, 0.3) is 11.8 Å². The molecule has 6 nitrogen and oxygen atoms in total. The molecular formula is C10H16Mo2N4O2. The first-order valence-corrected chi connectivity index (χ1v) is 5.09. The van der Waals surface area contributed by atoms with Gasteiger partial charge in [-0.05, 0) is 13.4 Å². The number of hydrogen-bond donors (Lipinski definition) is 0. The van der Waals surface area contributed by atoms with Crippen molar-refractivity contribution in [3.05, 3.63) is 0 Å². The summed E-state index contributed by atoms with van der Waals surface area (Å²) in [5.41, 5.74) is 0. The number of piperazine rings is 1. The summed E-state index contributed by atoms with van der Waals surface area (Å²) in [5, 5.41) is 0. The van der Waals surface area contributed by atoms with Crippen molar-refractivity contribution in [2.24, 2.45) is 9.98 Å². The molecule has 0 bridgehead atoms. The molecule has 0 atom stereocenters. The molecule has 0 unspecified atom stereocenters. The van der Waals surface area contributed by atoms with E-state index in [0.29, 0.717) is 13.1 Å². The van der Waals surface area contributed by atoms with Crippen LogP contribution in [0.5, 0.6) is 0 Å².